The summed E-state index contributed by atoms with van der Waals surface area (Å²) in [5, 5.41) is 3.47. The monoisotopic (exact) mass is 289 g/mol. The molecule has 0 atom stereocenters. The molecule has 3 heteroatoms. The largest absolute Gasteiger partial charge is 0.466 e. The Bertz CT molecular complexity index is 498. The van der Waals surface area contributed by atoms with Crippen LogP contribution in [-0.2, 0) is 14.9 Å². The molecule has 0 aliphatic rings. The lowest BCUT2D eigenvalue weighted by Gasteiger charge is -2.21. The molecule has 0 aliphatic heterocycles. The number of carbonyl (C=O) groups is 1. The van der Waals surface area contributed by atoms with Crippen LogP contribution in [0.1, 0.15) is 51.7 Å². The standard InChI is InChI=1S/C18H27NO2/c1-6-7-12-19-16-13-15(18(2,3)4)10-8-14(16)9-11-17(20)21-5/h8-11,13,19H,6-7,12H2,1-5H3/b11-9+. The molecule has 0 unspecified atom stereocenters. The number of methoxy groups -OCH3 is 1. The van der Waals surface area contributed by atoms with Crippen LogP contribution in [0.25, 0.3) is 6.08 Å². The van der Waals surface area contributed by atoms with Crippen molar-refractivity contribution in [2.75, 3.05) is 19.0 Å². The van der Waals surface area contributed by atoms with Gasteiger partial charge in [0.25, 0.3) is 0 Å². The fourth-order valence-corrected chi connectivity index (χ4v) is 1.95. The second kappa shape index (κ2) is 7.87. The predicted octanol–water partition coefficient (Wildman–Crippen LogP) is 4.38. The molecule has 0 aromatic heterocycles. The summed E-state index contributed by atoms with van der Waals surface area (Å²) >= 11 is 0. The highest BCUT2D eigenvalue weighted by molar-refractivity contribution is 5.88. The predicted molar refractivity (Wildman–Crippen MR) is 89.6 cm³/mol. The van der Waals surface area contributed by atoms with Crippen molar-refractivity contribution in [2.45, 2.75) is 46.0 Å². The number of anilines is 1. The Balaban J connectivity index is 3.04. The maximum absolute atomic E-state index is 11.3. The van der Waals surface area contributed by atoms with Crippen LogP contribution in [0.4, 0.5) is 5.69 Å². The molecule has 0 saturated heterocycles. The van der Waals surface area contributed by atoms with Crippen molar-refractivity contribution in [1.29, 1.82) is 0 Å². The number of carbonyl (C=O) groups excluding carboxylic acids is 1. The molecule has 0 heterocycles. The summed E-state index contributed by atoms with van der Waals surface area (Å²) in [6, 6.07) is 6.34. The summed E-state index contributed by atoms with van der Waals surface area (Å²) < 4.78 is 4.64. The molecule has 0 fully saturated rings. The van der Waals surface area contributed by atoms with Crippen molar-refractivity contribution in [2.24, 2.45) is 0 Å². The van der Waals surface area contributed by atoms with Crippen LogP contribution in [0.2, 0.25) is 0 Å². The molecule has 0 saturated carbocycles. The Kier molecular flexibility index (Phi) is 6.47. The SMILES string of the molecule is CCCCNc1cc(C(C)(C)C)ccc1/C=C/C(=O)OC. The van der Waals surface area contributed by atoms with Gasteiger partial charge in [0.1, 0.15) is 0 Å². The Morgan fingerprint density at radius 3 is 2.62 bits per heavy atom. The molecule has 116 valence electrons. The van der Waals surface area contributed by atoms with Crippen LogP contribution in [-0.4, -0.2) is 19.6 Å². The van der Waals surface area contributed by atoms with E-state index >= 15 is 0 Å². The van der Waals surface area contributed by atoms with Gasteiger partial charge in [0, 0.05) is 18.3 Å². The van der Waals surface area contributed by atoms with Crippen LogP contribution < -0.4 is 5.32 Å². The maximum atomic E-state index is 11.3. The van der Waals surface area contributed by atoms with Gasteiger partial charge in [0.15, 0.2) is 0 Å². The lowest BCUT2D eigenvalue weighted by Crippen LogP contribution is -2.12. The first-order valence-electron chi connectivity index (χ1n) is 7.53. The molecular formula is C18H27NO2. The molecule has 1 aromatic carbocycles. The third-order valence-electron chi connectivity index (χ3n) is 3.37. The molecule has 0 amide bonds. The van der Waals surface area contributed by atoms with Gasteiger partial charge in [-0.05, 0) is 35.1 Å². The van der Waals surface area contributed by atoms with Gasteiger partial charge in [-0.1, -0.05) is 46.2 Å². The molecule has 0 radical (unpaired) electrons. The van der Waals surface area contributed by atoms with E-state index in [1.807, 2.05) is 6.07 Å². The molecule has 0 aliphatic carbocycles. The van der Waals surface area contributed by atoms with Crippen molar-refractivity contribution in [3.63, 3.8) is 0 Å². The second-order valence-corrected chi connectivity index (χ2v) is 6.19. The number of rotatable bonds is 6. The lowest BCUT2D eigenvalue weighted by atomic mass is 9.86. The Labute approximate surface area is 128 Å². The number of hydrogen-bond donors (Lipinski definition) is 1. The molecule has 1 rings (SSSR count). The summed E-state index contributed by atoms with van der Waals surface area (Å²) in [4.78, 5) is 11.3. The summed E-state index contributed by atoms with van der Waals surface area (Å²) in [5.74, 6) is -0.339. The van der Waals surface area contributed by atoms with E-state index in [0.29, 0.717) is 0 Å². The first-order valence-corrected chi connectivity index (χ1v) is 7.53. The number of esters is 1. The van der Waals surface area contributed by atoms with Gasteiger partial charge in [-0.25, -0.2) is 4.79 Å². The molecule has 1 aromatic rings. The molecule has 3 nitrogen and oxygen atoms in total. The van der Waals surface area contributed by atoms with Gasteiger partial charge in [-0.2, -0.15) is 0 Å². The van der Waals surface area contributed by atoms with Crippen LogP contribution in [0.3, 0.4) is 0 Å². The fraction of sp³-hybridized carbons (Fsp3) is 0.500. The van der Waals surface area contributed by atoms with E-state index in [9.17, 15) is 4.79 Å². The zero-order valence-corrected chi connectivity index (χ0v) is 13.8. The maximum Gasteiger partial charge on any atom is 0.330 e. The summed E-state index contributed by atoms with van der Waals surface area (Å²) in [5.41, 5.74) is 3.45. The minimum atomic E-state index is -0.339. The summed E-state index contributed by atoms with van der Waals surface area (Å²) in [6.07, 6.45) is 5.53. The Morgan fingerprint density at radius 2 is 2.05 bits per heavy atom. The third kappa shape index (κ3) is 5.62. The van der Waals surface area contributed by atoms with Crippen molar-refractivity contribution in [3.8, 4) is 0 Å². The van der Waals surface area contributed by atoms with Crippen LogP contribution in [0.5, 0.6) is 0 Å². The number of nitrogens with one attached hydrogen (secondary N) is 1. The van der Waals surface area contributed by atoms with Crippen molar-refractivity contribution in [1.82, 2.24) is 0 Å². The molecule has 1 N–H and O–H groups in total. The molecule has 0 bridgehead atoms. The zero-order chi connectivity index (χ0) is 15.9. The van der Waals surface area contributed by atoms with Crippen molar-refractivity contribution >= 4 is 17.7 Å². The second-order valence-electron chi connectivity index (χ2n) is 6.19. The van der Waals surface area contributed by atoms with Crippen molar-refractivity contribution < 1.29 is 9.53 Å². The number of unbranched alkanes of at least 4 members (excludes halogenated alkanes) is 1. The lowest BCUT2D eigenvalue weighted by molar-refractivity contribution is -0.134. The topological polar surface area (TPSA) is 38.3 Å². The molecule has 0 spiro atoms. The number of ether oxygens (including phenoxy) is 1. The van der Waals surface area contributed by atoms with Crippen LogP contribution in [0, 0.1) is 0 Å². The van der Waals surface area contributed by atoms with Gasteiger partial charge in [0.05, 0.1) is 7.11 Å². The number of benzene rings is 1. The van der Waals surface area contributed by atoms with Gasteiger partial charge < -0.3 is 10.1 Å². The average Bonchev–Trinajstić information content (AvgIpc) is 2.44. The van der Waals surface area contributed by atoms with E-state index in [-0.39, 0.29) is 11.4 Å². The Morgan fingerprint density at radius 1 is 1.33 bits per heavy atom. The summed E-state index contributed by atoms with van der Waals surface area (Å²) in [6.45, 7) is 9.70. The average molecular weight is 289 g/mol. The number of hydrogen-bond acceptors (Lipinski definition) is 3. The van der Waals surface area contributed by atoms with E-state index in [1.54, 1.807) is 6.08 Å². The minimum absolute atomic E-state index is 0.103. The van der Waals surface area contributed by atoms with Crippen LogP contribution in [0.15, 0.2) is 24.3 Å². The van der Waals surface area contributed by atoms with Crippen LogP contribution >= 0.6 is 0 Å². The van der Waals surface area contributed by atoms with Gasteiger partial charge in [0.2, 0.25) is 0 Å². The quantitative estimate of drug-likeness (QED) is 0.480. The highest BCUT2D eigenvalue weighted by atomic mass is 16.5. The van der Waals surface area contributed by atoms with E-state index in [4.69, 9.17) is 0 Å². The van der Waals surface area contributed by atoms with Gasteiger partial charge >= 0.3 is 5.97 Å². The summed E-state index contributed by atoms with van der Waals surface area (Å²) in [7, 11) is 1.38. The zero-order valence-electron chi connectivity index (χ0n) is 13.8. The first-order chi connectivity index (χ1) is 9.88. The smallest absolute Gasteiger partial charge is 0.330 e. The van der Waals surface area contributed by atoms with E-state index in [2.05, 4.69) is 49.9 Å². The van der Waals surface area contributed by atoms with E-state index < -0.39 is 0 Å². The van der Waals surface area contributed by atoms with E-state index in [0.717, 1.165) is 30.6 Å². The third-order valence-corrected chi connectivity index (χ3v) is 3.37. The van der Waals surface area contributed by atoms with E-state index in [1.165, 1.54) is 18.7 Å². The highest BCUT2D eigenvalue weighted by Gasteiger charge is 2.15. The Hall–Kier alpha value is -1.77. The minimum Gasteiger partial charge on any atom is -0.466 e. The fourth-order valence-electron chi connectivity index (χ4n) is 1.95. The normalized spacial score (nSPS) is 11.7. The first kappa shape index (κ1) is 17.3. The highest BCUT2D eigenvalue weighted by Crippen LogP contribution is 2.28. The van der Waals surface area contributed by atoms with Crippen molar-refractivity contribution in [3.05, 3.63) is 35.4 Å². The molecular weight excluding hydrogens is 262 g/mol. The van der Waals surface area contributed by atoms with Gasteiger partial charge in [-0.3, -0.25) is 0 Å². The molecule has 21 heavy (non-hydrogen) atoms. The van der Waals surface area contributed by atoms with Gasteiger partial charge in [-0.15, -0.1) is 0 Å².